The van der Waals surface area contributed by atoms with Gasteiger partial charge in [0, 0.05) is 29.2 Å². The van der Waals surface area contributed by atoms with Crippen LogP contribution in [0.25, 0.3) is 27.8 Å². The first-order valence-corrected chi connectivity index (χ1v) is 9.51. The first-order chi connectivity index (χ1) is 13.1. The normalized spacial score (nSPS) is 16.5. The largest absolute Gasteiger partial charge is 0.382 e. The van der Waals surface area contributed by atoms with Gasteiger partial charge in [-0.1, -0.05) is 12.1 Å². The van der Waals surface area contributed by atoms with E-state index in [4.69, 9.17) is 10.7 Å². The quantitative estimate of drug-likeness (QED) is 0.573. The number of benzene rings is 1. The second kappa shape index (κ2) is 6.09. The standard InChI is InChI=1S/C21H24N6/c1-13-4-3-5-16-15(13)12-17(24-16)18-19-20(22)23-8-11-27(19)21(25-18)14-6-9-26(2)10-7-14/h3-5,8,11-12,14,24H,6-7,9-10H2,1-2H3,(H2,22,23). The van der Waals surface area contributed by atoms with Gasteiger partial charge in [-0.2, -0.15) is 0 Å². The Kier molecular flexibility index (Phi) is 3.68. The monoisotopic (exact) mass is 360 g/mol. The molecule has 1 saturated heterocycles. The molecular weight excluding hydrogens is 336 g/mol. The van der Waals surface area contributed by atoms with E-state index < -0.39 is 0 Å². The molecule has 4 heterocycles. The molecule has 3 N–H and O–H groups in total. The molecule has 4 aromatic rings. The van der Waals surface area contributed by atoms with Gasteiger partial charge in [-0.15, -0.1) is 0 Å². The number of H-pyrrole nitrogens is 1. The van der Waals surface area contributed by atoms with Crippen molar-refractivity contribution < 1.29 is 0 Å². The average Bonchev–Trinajstić information content (AvgIpc) is 3.26. The lowest BCUT2D eigenvalue weighted by atomic mass is 9.96. The summed E-state index contributed by atoms with van der Waals surface area (Å²) in [6, 6.07) is 8.48. The molecule has 6 nitrogen and oxygen atoms in total. The fraction of sp³-hybridized carbons (Fsp3) is 0.333. The van der Waals surface area contributed by atoms with Crippen LogP contribution in [-0.2, 0) is 0 Å². The summed E-state index contributed by atoms with van der Waals surface area (Å²) in [7, 11) is 2.18. The number of imidazole rings is 1. The highest BCUT2D eigenvalue weighted by atomic mass is 15.1. The summed E-state index contributed by atoms with van der Waals surface area (Å²) in [4.78, 5) is 15.3. The molecule has 1 aliphatic heterocycles. The Morgan fingerprint density at radius 3 is 2.81 bits per heavy atom. The van der Waals surface area contributed by atoms with Crippen molar-refractivity contribution >= 4 is 22.2 Å². The van der Waals surface area contributed by atoms with Crippen molar-refractivity contribution in [3.63, 3.8) is 0 Å². The highest BCUT2D eigenvalue weighted by Crippen LogP contribution is 2.35. The van der Waals surface area contributed by atoms with Gasteiger partial charge in [0.25, 0.3) is 0 Å². The van der Waals surface area contributed by atoms with Crippen LogP contribution < -0.4 is 5.73 Å². The third kappa shape index (κ3) is 2.59. The minimum absolute atomic E-state index is 0.440. The number of piperidine rings is 1. The molecule has 27 heavy (non-hydrogen) atoms. The number of nitrogens with one attached hydrogen (secondary N) is 1. The Hall–Kier alpha value is -2.86. The van der Waals surface area contributed by atoms with Crippen molar-refractivity contribution in [2.75, 3.05) is 25.9 Å². The molecule has 0 radical (unpaired) electrons. The van der Waals surface area contributed by atoms with Crippen LogP contribution in [0.15, 0.2) is 36.7 Å². The Labute approximate surface area is 158 Å². The van der Waals surface area contributed by atoms with Gasteiger partial charge in [0.15, 0.2) is 0 Å². The number of aromatic amines is 1. The summed E-state index contributed by atoms with van der Waals surface area (Å²) < 4.78 is 2.14. The molecule has 0 saturated carbocycles. The number of nitrogen functional groups attached to an aromatic ring is 1. The zero-order valence-electron chi connectivity index (χ0n) is 15.7. The van der Waals surface area contributed by atoms with E-state index in [0.717, 1.165) is 54.2 Å². The SMILES string of the molecule is Cc1cccc2[nH]c(-c3nc(C4CCN(C)CC4)n4ccnc(N)c34)cc12. The van der Waals surface area contributed by atoms with E-state index in [2.05, 4.69) is 57.5 Å². The average molecular weight is 360 g/mol. The molecule has 0 aliphatic carbocycles. The first-order valence-electron chi connectivity index (χ1n) is 9.51. The van der Waals surface area contributed by atoms with Crippen molar-refractivity contribution in [3.8, 4) is 11.4 Å². The van der Waals surface area contributed by atoms with E-state index in [9.17, 15) is 0 Å². The molecule has 0 atom stereocenters. The van der Waals surface area contributed by atoms with Gasteiger partial charge in [-0.25, -0.2) is 9.97 Å². The number of aryl methyl sites for hydroxylation is 1. The fourth-order valence-electron chi connectivity index (χ4n) is 4.26. The van der Waals surface area contributed by atoms with E-state index >= 15 is 0 Å². The number of nitrogens with zero attached hydrogens (tertiary/aromatic N) is 4. The number of hydrogen-bond donors (Lipinski definition) is 2. The second-order valence-electron chi connectivity index (χ2n) is 7.65. The third-order valence-corrected chi connectivity index (χ3v) is 5.83. The highest BCUT2D eigenvalue weighted by molar-refractivity contribution is 5.92. The lowest BCUT2D eigenvalue weighted by Crippen LogP contribution is -2.29. The fourth-order valence-corrected chi connectivity index (χ4v) is 4.26. The molecule has 1 aromatic carbocycles. The van der Waals surface area contributed by atoms with Crippen molar-refractivity contribution in [1.29, 1.82) is 0 Å². The summed E-state index contributed by atoms with van der Waals surface area (Å²) in [5.41, 5.74) is 11.4. The van der Waals surface area contributed by atoms with Crippen LogP contribution in [0.2, 0.25) is 0 Å². The molecule has 0 bridgehead atoms. The number of hydrogen-bond acceptors (Lipinski definition) is 4. The van der Waals surface area contributed by atoms with Crippen LogP contribution in [0.5, 0.6) is 0 Å². The second-order valence-corrected chi connectivity index (χ2v) is 7.65. The van der Waals surface area contributed by atoms with Gasteiger partial charge >= 0.3 is 0 Å². The summed E-state index contributed by atoms with van der Waals surface area (Å²) >= 11 is 0. The number of nitrogens with two attached hydrogens (primary N) is 1. The van der Waals surface area contributed by atoms with Crippen LogP contribution in [0.1, 0.15) is 30.1 Å². The van der Waals surface area contributed by atoms with Gasteiger partial charge in [0.2, 0.25) is 0 Å². The van der Waals surface area contributed by atoms with E-state index in [0.29, 0.717) is 11.7 Å². The zero-order valence-corrected chi connectivity index (χ0v) is 15.7. The van der Waals surface area contributed by atoms with Crippen LogP contribution in [0, 0.1) is 6.92 Å². The van der Waals surface area contributed by atoms with Crippen molar-refractivity contribution in [3.05, 3.63) is 48.0 Å². The minimum atomic E-state index is 0.440. The van der Waals surface area contributed by atoms with Crippen LogP contribution >= 0.6 is 0 Å². The van der Waals surface area contributed by atoms with Crippen molar-refractivity contribution in [2.45, 2.75) is 25.7 Å². The summed E-state index contributed by atoms with van der Waals surface area (Å²) in [6.45, 7) is 4.33. The number of rotatable bonds is 2. The summed E-state index contributed by atoms with van der Waals surface area (Å²) in [5.74, 6) is 2.06. The predicted molar refractivity (Wildman–Crippen MR) is 109 cm³/mol. The lowest BCUT2D eigenvalue weighted by molar-refractivity contribution is 0.251. The van der Waals surface area contributed by atoms with Gasteiger partial charge in [-0.3, -0.25) is 4.40 Å². The van der Waals surface area contributed by atoms with E-state index in [1.807, 2.05) is 6.20 Å². The molecule has 0 spiro atoms. The lowest BCUT2D eigenvalue weighted by Gasteiger charge is -2.28. The van der Waals surface area contributed by atoms with E-state index in [1.165, 1.54) is 10.9 Å². The molecule has 1 aliphatic rings. The van der Waals surface area contributed by atoms with Crippen molar-refractivity contribution in [1.82, 2.24) is 24.3 Å². The maximum atomic E-state index is 6.29. The number of anilines is 1. The smallest absolute Gasteiger partial charge is 0.150 e. The molecule has 138 valence electrons. The Bertz CT molecular complexity index is 1130. The Morgan fingerprint density at radius 1 is 1.22 bits per heavy atom. The van der Waals surface area contributed by atoms with Crippen LogP contribution in [0.4, 0.5) is 5.82 Å². The number of fused-ring (bicyclic) bond motifs is 2. The Morgan fingerprint density at radius 2 is 2.04 bits per heavy atom. The topological polar surface area (TPSA) is 75.2 Å². The molecule has 6 heteroatoms. The van der Waals surface area contributed by atoms with Crippen LogP contribution in [-0.4, -0.2) is 44.4 Å². The molecule has 5 rings (SSSR count). The van der Waals surface area contributed by atoms with E-state index in [-0.39, 0.29) is 0 Å². The van der Waals surface area contributed by atoms with E-state index in [1.54, 1.807) is 6.20 Å². The number of aromatic nitrogens is 4. The molecule has 0 amide bonds. The molecule has 1 fully saturated rings. The Balaban J connectivity index is 1.71. The van der Waals surface area contributed by atoms with Gasteiger partial charge in [0.1, 0.15) is 22.9 Å². The number of likely N-dealkylation sites (tertiary alicyclic amines) is 1. The van der Waals surface area contributed by atoms with Gasteiger partial charge in [0.05, 0.1) is 5.69 Å². The minimum Gasteiger partial charge on any atom is -0.382 e. The molecule has 3 aromatic heterocycles. The first kappa shape index (κ1) is 16.3. The highest BCUT2D eigenvalue weighted by Gasteiger charge is 2.26. The summed E-state index contributed by atoms with van der Waals surface area (Å²) in [5, 5.41) is 1.22. The van der Waals surface area contributed by atoms with Gasteiger partial charge in [-0.05, 0) is 57.6 Å². The van der Waals surface area contributed by atoms with Crippen LogP contribution in [0.3, 0.4) is 0 Å². The maximum absolute atomic E-state index is 6.29. The van der Waals surface area contributed by atoms with Crippen molar-refractivity contribution in [2.24, 2.45) is 0 Å². The molecule has 0 unspecified atom stereocenters. The predicted octanol–water partition coefficient (Wildman–Crippen LogP) is 3.58. The molecular formula is C21H24N6. The summed E-state index contributed by atoms with van der Waals surface area (Å²) in [6.07, 6.45) is 5.98. The maximum Gasteiger partial charge on any atom is 0.150 e. The van der Waals surface area contributed by atoms with Gasteiger partial charge < -0.3 is 15.6 Å². The zero-order chi connectivity index (χ0) is 18.5. The third-order valence-electron chi connectivity index (χ3n) is 5.83.